The lowest BCUT2D eigenvalue weighted by atomic mass is 10.0. The van der Waals surface area contributed by atoms with E-state index in [1.54, 1.807) is 0 Å². The van der Waals surface area contributed by atoms with Crippen LogP contribution in [0.5, 0.6) is 0 Å². The van der Waals surface area contributed by atoms with Gasteiger partial charge in [-0.15, -0.1) is 0 Å². The molecular formula is C22H27N3O5S. The first kappa shape index (κ1) is 22.9. The van der Waals surface area contributed by atoms with Crippen LogP contribution >= 0.6 is 0 Å². The monoisotopic (exact) mass is 445 g/mol. The number of carbonyl (C=O) groups is 2. The van der Waals surface area contributed by atoms with E-state index in [4.69, 9.17) is 5.21 Å². The van der Waals surface area contributed by atoms with Crippen LogP contribution in [0, 0.1) is 0 Å². The average Bonchev–Trinajstić information content (AvgIpc) is 2.79. The molecule has 0 aliphatic carbocycles. The van der Waals surface area contributed by atoms with E-state index >= 15 is 0 Å². The van der Waals surface area contributed by atoms with Gasteiger partial charge in [-0.1, -0.05) is 37.6 Å². The molecule has 1 aliphatic heterocycles. The molecule has 2 aromatic carbocycles. The molecule has 1 heterocycles. The van der Waals surface area contributed by atoms with Gasteiger partial charge in [0.1, 0.15) is 0 Å². The maximum Gasteiger partial charge on any atom is 0.276 e. The Balaban J connectivity index is 1.63. The largest absolute Gasteiger partial charge is 0.349 e. The van der Waals surface area contributed by atoms with Crippen LogP contribution in [0.1, 0.15) is 52.5 Å². The molecule has 0 spiro atoms. The highest BCUT2D eigenvalue weighted by atomic mass is 32.2. The van der Waals surface area contributed by atoms with Gasteiger partial charge in [-0.05, 0) is 49.1 Å². The zero-order valence-corrected chi connectivity index (χ0v) is 18.2. The fraction of sp³-hybridized carbons (Fsp3) is 0.364. The molecule has 0 aromatic heterocycles. The van der Waals surface area contributed by atoms with Gasteiger partial charge in [0, 0.05) is 24.7 Å². The van der Waals surface area contributed by atoms with Crippen molar-refractivity contribution < 1.29 is 23.2 Å². The van der Waals surface area contributed by atoms with E-state index in [9.17, 15) is 18.0 Å². The van der Waals surface area contributed by atoms with E-state index < -0.39 is 15.9 Å². The second-order valence-corrected chi connectivity index (χ2v) is 9.44. The third kappa shape index (κ3) is 5.30. The van der Waals surface area contributed by atoms with Crippen molar-refractivity contribution in [3.63, 3.8) is 0 Å². The van der Waals surface area contributed by atoms with Crippen molar-refractivity contribution in [1.29, 1.82) is 0 Å². The highest BCUT2D eigenvalue weighted by Gasteiger charge is 2.32. The Morgan fingerprint density at radius 2 is 1.68 bits per heavy atom. The number of sulfonamides is 1. The molecule has 0 saturated carbocycles. The van der Waals surface area contributed by atoms with Crippen molar-refractivity contribution in [2.24, 2.45) is 0 Å². The molecule has 0 bridgehead atoms. The van der Waals surface area contributed by atoms with Gasteiger partial charge in [-0.2, -0.15) is 4.31 Å². The summed E-state index contributed by atoms with van der Waals surface area (Å²) in [5.74, 6) is -1.06. The van der Waals surface area contributed by atoms with Crippen LogP contribution < -0.4 is 10.8 Å². The molecule has 31 heavy (non-hydrogen) atoms. The van der Waals surface area contributed by atoms with Crippen LogP contribution in [0.15, 0.2) is 53.4 Å². The van der Waals surface area contributed by atoms with E-state index in [-0.39, 0.29) is 35.5 Å². The van der Waals surface area contributed by atoms with Crippen LogP contribution in [0.3, 0.4) is 0 Å². The van der Waals surface area contributed by atoms with Crippen molar-refractivity contribution in [3.05, 3.63) is 65.2 Å². The zero-order chi connectivity index (χ0) is 22.4. The number of hydrogen-bond acceptors (Lipinski definition) is 5. The fourth-order valence-corrected chi connectivity index (χ4v) is 5.36. The van der Waals surface area contributed by atoms with Gasteiger partial charge >= 0.3 is 0 Å². The smallest absolute Gasteiger partial charge is 0.276 e. The van der Waals surface area contributed by atoms with Crippen molar-refractivity contribution >= 4 is 21.8 Å². The third-order valence-electron chi connectivity index (χ3n) is 5.39. The van der Waals surface area contributed by atoms with Crippen molar-refractivity contribution in [2.45, 2.75) is 43.5 Å². The van der Waals surface area contributed by atoms with Gasteiger partial charge in [-0.25, -0.2) is 13.9 Å². The van der Waals surface area contributed by atoms with Gasteiger partial charge in [0.2, 0.25) is 10.0 Å². The minimum absolute atomic E-state index is 0.119. The topological polar surface area (TPSA) is 116 Å². The summed E-state index contributed by atoms with van der Waals surface area (Å²) in [7, 11) is -3.91. The first-order chi connectivity index (χ1) is 14.9. The van der Waals surface area contributed by atoms with Crippen LogP contribution in [-0.4, -0.2) is 48.9 Å². The summed E-state index contributed by atoms with van der Waals surface area (Å²) in [6.45, 7) is 2.54. The van der Waals surface area contributed by atoms with Crippen LogP contribution in [0.2, 0.25) is 0 Å². The molecule has 1 aliphatic rings. The summed E-state index contributed by atoms with van der Waals surface area (Å²) in [4.78, 5) is 24.2. The Bertz CT molecular complexity index is 1030. The van der Waals surface area contributed by atoms with Crippen molar-refractivity contribution in [1.82, 2.24) is 15.1 Å². The van der Waals surface area contributed by atoms with Gasteiger partial charge < -0.3 is 5.32 Å². The Hall–Kier alpha value is -2.75. The lowest BCUT2D eigenvalue weighted by molar-refractivity contribution is 0.0702. The van der Waals surface area contributed by atoms with Crippen LogP contribution in [0.25, 0.3) is 0 Å². The SMILES string of the molecule is CCCc1ccc(C(=O)NC2CCN(S(=O)(=O)c3ccccc3C(=O)NO)CC2)cc1. The molecular weight excluding hydrogens is 418 g/mol. The Kier molecular flexibility index (Phi) is 7.42. The van der Waals surface area contributed by atoms with Gasteiger partial charge in [0.05, 0.1) is 10.5 Å². The van der Waals surface area contributed by atoms with E-state index in [0.29, 0.717) is 18.4 Å². The molecule has 3 rings (SSSR count). The minimum atomic E-state index is -3.91. The van der Waals surface area contributed by atoms with E-state index in [1.807, 2.05) is 24.3 Å². The van der Waals surface area contributed by atoms with Gasteiger partial charge in [0.15, 0.2) is 0 Å². The normalized spacial score (nSPS) is 15.4. The average molecular weight is 446 g/mol. The Morgan fingerprint density at radius 1 is 1.03 bits per heavy atom. The number of nitrogens with zero attached hydrogens (tertiary/aromatic N) is 1. The quantitative estimate of drug-likeness (QED) is 0.447. The molecule has 2 amide bonds. The molecule has 2 aromatic rings. The lowest BCUT2D eigenvalue weighted by Gasteiger charge is -2.32. The highest BCUT2D eigenvalue weighted by molar-refractivity contribution is 7.89. The number of hydrogen-bond donors (Lipinski definition) is 3. The van der Waals surface area contributed by atoms with Crippen molar-refractivity contribution in [3.8, 4) is 0 Å². The maximum atomic E-state index is 13.0. The van der Waals surface area contributed by atoms with E-state index in [0.717, 1.165) is 12.8 Å². The number of rotatable bonds is 7. The van der Waals surface area contributed by atoms with Gasteiger partial charge in [-0.3, -0.25) is 14.8 Å². The fourth-order valence-electron chi connectivity index (χ4n) is 3.70. The van der Waals surface area contributed by atoms with Crippen molar-refractivity contribution in [2.75, 3.05) is 13.1 Å². The second-order valence-electron chi connectivity index (χ2n) is 7.54. The summed E-state index contributed by atoms with van der Waals surface area (Å²) in [6.07, 6.45) is 2.95. The summed E-state index contributed by atoms with van der Waals surface area (Å²) in [5, 5.41) is 11.9. The summed E-state index contributed by atoms with van der Waals surface area (Å²) >= 11 is 0. The van der Waals surface area contributed by atoms with Gasteiger partial charge in [0.25, 0.3) is 11.8 Å². The minimum Gasteiger partial charge on any atom is -0.349 e. The number of benzene rings is 2. The number of aryl methyl sites for hydroxylation is 1. The molecule has 0 unspecified atom stereocenters. The first-order valence-electron chi connectivity index (χ1n) is 10.3. The second kappa shape index (κ2) is 10.0. The molecule has 0 atom stereocenters. The van der Waals surface area contributed by atoms with E-state index in [2.05, 4.69) is 12.2 Å². The zero-order valence-electron chi connectivity index (χ0n) is 17.4. The molecule has 0 radical (unpaired) electrons. The Morgan fingerprint density at radius 3 is 2.29 bits per heavy atom. The molecule has 9 heteroatoms. The molecule has 3 N–H and O–H groups in total. The molecule has 166 valence electrons. The predicted octanol–water partition coefficient (Wildman–Crippen LogP) is 2.34. The number of amides is 2. The van der Waals surface area contributed by atoms with E-state index in [1.165, 1.54) is 39.6 Å². The molecule has 1 fully saturated rings. The maximum absolute atomic E-state index is 13.0. The number of nitrogens with one attached hydrogen (secondary N) is 2. The predicted molar refractivity (Wildman–Crippen MR) is 115 cm³/mol. The van der Waals surface area contributed by atoms with Crippen LogP contribution in [-0.2, 0) is 16.4 Å². The Labute approximate surface area is 182 Å². The summed E-state index contributed by atoms with van der Waals surface area (Å²) in [5.41, 5.74) is 3.13. The third-order valence-corrected chi connectivity index (χ3v) is 7.35. The number of hydroxylamine groups is 1. The number of carbonyl (C=O) groups excluding carboxylic acids is 2. The lowest BCUT2D eigenvalue weighted by Crippen LogP contribution is -2.46. The highest BCUT2D eigenvalue weighted by Crippen LogP contribution is 2.24. The molecule has 8 nitrogen and oxygen atoms in total. The summed E-state index contributed by atoms with van der Waals surface area (Å²) in [6, 6.07) is 13.1. The molecule has 1 saturated heterocycles. The number of piperidine rings is 1. The summed E-state index contributed by atoms with van der Waals surface area (Å²) < 4.78 is 27.4. The standard InChI is InChI=1S/C22H27N3O5S/c1-2-5-16-8-10-17(11-9-16)21(26)23-18-12-14-25(15-13-18)31(29,30)20-7-4-3-6-19(20)22(27)24-28/h3-4,6-11,18,28H,2,5,12-15H2,1H3,(H,23,26)(H,24,27). The first-order valence-corrected chi connectivity index (χ1v) is 11.7. The van der Waals surface area contributed by atoms with Crippen LogP contribution in [0.4, 0.5) is 0 Å².